The lowest BCUT2D eigenvalue weighted by molar-refractivity contribution is 0.102. The van der Waals surface area contributed by atoms with Gasteiger partial charge < -0.3 is 0 Å². The summed E-state index contributed by atoms with van der Waals surface area (Å²) in [5, 5.41) is 14.2. The number of anilines is 1. The fourth-order valence-electron chi connectivity index (χ4n) is 3.18. The molecule has 5 rings (SSSR count). The summed E-state index contributed by atoms with van der Waals surface area (Å²) in [7, 11) is 0. The minimum Gasteiger partial charge on any atom is -0.289 e. The van der Waals surface area contributed by atoms with Gasteiger partial charge in [-0.05, 0) is 31.2 Å². The number of nitrogens with zero attached hydrogens (tertiary/aromatic N) is 5. The van der Waals surface area contributed by atoms with Crippen molar-refractivity contribution in [1.82, 2.24) is 24.4 Å². The number of para-hydroxylation sites is 1. The van der Waals surface area contributed by atoms with Crippen molar-refractivity contribution in [3.63, 3.8) is 0 Å². The van der Waals surface area contributed by atoms with Gasteiger partial charge in [0.25, 0.3) is 11.9 Å². The quantitative estimate of drug-likeness (QED) is 0.438. The van der Waals surface area contributed by atoms with Crippen LogP contribution in [0, 0.1) is 6.92 Å². The highest BCUT2D eigenvalue weighted by Crippen LogP contribution is 2.27. The molecule has 148 valence electrons. The van der Waals surface area contributed by atoms with Crippen LogP contribution in [0.3, 0.4) is 0 Å². The zero-order valence-corrected chi connectivity index (χ0v) is 17.4. The number of amides is 1. The van der Waals surface area contributed by atoms with Crippen LogP contribution in [0.5, 0.6) is 0 Å². The van der Waals surface area contributed by atoms with E-state index in [0.717, 1.165) is 22.6 Å². The van der Waals surface area contributed by atoms with Crippen LogP contribution in [0.4, 0.5) is 5.95 Å². The molecular formula is C21H15ClN6OS. The molecule has 0 saturated carbocycles. The van der Waals surface area contributed by atoms with Gasteiger partial charge >= 0.3 is 0 Å². The Bertz CT molecular complexity index is 1350. The van der Waals surface area contributed by atoms with E-state index >= 15 is 0 Å². The van der Waals surface area contributed by atoms with E-state index in [2.05, 4.69) is 20.5 Å². The summed E-state index contributed by atoms with van der Waals surface area (Å²) < 4.78 is 3.44. The van der Waals surface area contributed by atoms with Gasteiger partial charge in [-0.25, -0.2) is 9.20 Å². The molecule has 0 aliphatic heterocycles. The predicted molar refractivity (Wildman–Crippen MR) is 118 cm³/mol. The molecule has 3 heterocycles. The molecule has 0 radical (unpaired) electrons. The number of carbonyl (C=O) groups is 1. The predicted octanol–water partition coefficient (Wildman–Crippen LogP) is 4.86. The van der Waals surface area contributed by atoms with Gasteiger partial charge in [-0.3, -0.25) is 10.1 Å². The van der Waals surface area contributed by atoms with Crippen LogP contribution in [-0.4, -0.2) is 30.3 Å². The summed E-state index contributed by atoms with van der Waals surface area (Å²) in [4.78, 5) is 17.9. The lowest BCUT2D eigenvalue weighted by Gasteiger charge is -2.05. The van der Waals surface area contributed by atoms with Gasteiger partial charge in [0.05, 0.1) is 28.8 Å². The van der Waals surface area contributed by atoms with E-state index in [0.29, 0.717) is 15.5 Å². The average Bonchev–Trinajstić information content (AvgIpc) is 3.43. The molecule has 0 fully saturated rings. The molecule has 0 saturated heterocycles. The summed E-state index contributed by atoms with van der Waals surface area (Å²) in [6.45, 7) is 1.85. The van der Waals surface area contributed by atoms with Gasteiger partial charge in [0.1, 0.15) is 0 Å². The van der Waals surface area contributed by atoms with Crippen LogP contribution in [-0.2, 0) is 0 Å². The van der Waals surface area contributed by atoms with Crippen molar-refractivity contribution in [3.8, 4) is 16.9 Å². The number of carbonyl (C=O) groups excluding carboxylic acids is 1. The van der Waals surface area contributed by atoms with Gasteiger partial charge in [-0.15, -0.1) is 16.4 Å². The monoisotopic (exact) mass is 434 g/mol. The number of rotatable bonds is 4. The zero-order valence-electron chi connectivity index (χ0n) is 15.8. The molecule has 3 aromatic heterocycles. The maximum absolute atomic E-state index is 12.8. The molecule has 2 aromatic carbocycles. The second-order valence-corrected chi connectivity index (χ2v) is 7.88. The highest BCUT2D eigenvalue weighted by atomic mass is 35.5. The van der Waals surface area contributed by atoms with Crippen molar-refractivity contribution < 1.29 is 4.79 Å². The van der Waals surface area contributed by atoms with Crippen molar-refractivity contribution >= 4 is 39.8 Å². The maximum Gasteiger partial charge on any atom is 0.261 e. The number of fused-ring (bicyclic) bond motifs is 1. The van der Waals surface area contributed by atoms with E-state index in [1.165, 1.54) is 11.3 Å². The summed E-state index contributed by atoms with van der Waals surface area (Å²) in [6.07, 6.45) is 1.55. The minimum absolute atomic E-state index is 0.244. The van der Waals surface area contributed by atoms with Crippen molar-refractivity contribution in [2.45, 2.75) is 6.92 Å². The molecule has 7 nitrogen and oxygen atoms in total. The third-order valence-corrected chi connectivity index (χ3v) is 5.77. The van der Waals surface area contributed by atoms with E-state index < -0.39 is 0 Å². The highest BCUT2D eigenvalue weighted by molar-refractivity contribution is 7.15. The number of hydrogen-bond acceptors (Lipinski definition) is 5. The molecule has 0 bridgehead atoms. The molecule has 0 atom stereocenters. The molecular weight excluding hydrogens is 420 g/mol. The molecule has 0 aliphatic rings. The number of halogens is 1. The highest BCUT2D eigenvalue weighted by Gasteiger charge is 2.18. The Labute approximate surface area is 180 Å². The second kappa shape index (κ2) is 7.40. The third-order valence-electron chi connectivity index (χ3n) is 4.70. The summed E-state index contributed by atoms with van der Waals surface area (Å²) >= 11 is 7.43. The van der Waals surface area contributed by atoms with Gasteiger partial charge in [-0.1, -0.05) is 41.9 Å². The van der Waals surface area contributed by atoms with E-state index in [1.807, 2.05) is 66.9 Å². The Morgan fingerprint density at radius 1 is 1.10 bits per heavy atom. The molecule has 9 heteroatoms. The van der Waals surface area contributed by atoms with Crippen LogP contribution >= 0.6 is 22.9 Å². The van der Waals surface area contributed by atoms with Crippen LogP contribution in [0.1, 0.15) is 16.1 Å². The minimum atomic E-state index is -0.305. The molecule has 1 N–H and O–H groups in total. The summed E-state index contributed by atoms with van der Waals surface area (Å²) in [6, 6.07) is 17.2. The van der Waals surface area contributed by atoms with Crippen molar-refractivity contribution in [3.05, 3.63) is 82.5 Å². The first-order valence-electron chi connectivity index (χ1n) is 9.12. The van der Waals surface area contributed by atoms with E-state index in [1.54, 1.807) is 15.4 Å². The summed E-state index contributed by atoms with van der Waals surface area (Å²) in [5.41, 5.74) is 3.94. The Morgan fingerprint density at radius 3 is 2.63 bits per heavy atom. The molecule has 0 aliphatic carbocycles. The Morgan fingerprint density at radius 2 is 1.87 bits per heavy atom. The molecule has 5 aromatic rings. The first kappa shape index (κ1) is 18.5. The number of aromatic nitrogens is 5. The van der Waals surface area contributed by atoms with Gasteiger partial charge in [-0.2, -0.15) is 10.1 Å². The number of nitrogens with one attached hydrogen (secondary N) is 1. The average molecular weight is 435 g/mol. The van der Waals surface area contributed by atoms with E-state index in [-0.39, 0.29) is 11.9 Å². The molecule has 0 spiro atoms. The van der Waals surface area contributed by atoms with Gasteiger partial charge in [0, 0.05) is 16.0 Å². The molecule has 30 heavy (non-hydrogen) atoms. The lowest BCUT2D eigenvalue weighted by atomic mass is 10.2. The van der Waals surface area contributed by atoms with Gasteiger partial charge in [0.2, 0.25) is 4.96 Å². The molecule has 0 unspecified atom stereocenters. The summed E-state index contributed by atoms with van der Waals surface area (Å²) in [5.74, 6) is -0.0603. The molecule has 1 amide bonds. The van der Waals surface area contributed by atoms with Crippen LogP contribution in [0.25, 0.3) is 21.9 Å². The zero-order chi connectivity index (χ0) is 20.7. The Balaban J connectivity index is 1.42. The van der Waals surface area contributed by atoms with E-state index in [9.17, 15) is 4.79 Å². The Kier molecular flexibility index (Phi) is 4.57. The topological polar surface area (TPSA) is 77.1 Å². The van der Waals surface area contributed by atoms with Crippen molar-refractivity contribution in [2.24, 2.45) is 0 Å². The van der Waals surface area contributed by atoms with Crippen molar-refractivity contribution in [2.75, 3.05) is 5.32 Å². The lowest BCUT2D eigenvalue weighted by Crippen LogP contribution is -2.14. The van der Waals surface area contributed by atoms with E-state index in [4.69, 9.17) is 11.6 Å². The second-order valence-electron chi connectivity index (χ2n) is 6.60. The maximum atomic E-state index is 12.8. The fraction of sp³-hybridized carbons (Fsp3) is 0.0476. The Hall–Kier alpha value is -3.49. The van der Waals surface area contributed by atoms with Crippen LogP contribution < -0.4 is 5.32 Å². The number of hydrogen-bond donors (Lipinski definition) is 1. The third kappa shape index (κ3) is 3.26. The normalized spacial score (nSPS) is 11.1. The fourth-order valence-corrected chi connectivity index (χ4v) is 4.14. The first-order valence-corrected chi connectivity index (χ1v) is 10.4. The standard InChI is InChI=1S/C21H15ClN6OS/c1-13-17(11-23-27(13)16-5-3-2-4-6-16)19(29)24-20-25-21-28(26-20)18(12-30-21)14-7-9-15(22)10-8-14/h2-12H,1H3,(H,24,26,29). The number of benzene rings is 2. The smallest absolute Gasteiger partial charge is 0.261 e. The number of thiazole rings is 1. The SMILES string of the molecule is Cc1c(C(=O)Nc2nc3scc(-c4ccc(Cl)cc4)n3n2)cnn1-c1ccccc1. The first-order chi connectivity index (χ1) is 14.6. The van der Waals surface area contributed by atoms with Gasteiger partial charge in [0.15, 0.2) is 0 Å². The largest absolute Gasteiger partial charge is 0.289 e. The van der Waals surface area contributed by atoms with Crippen molar-refractivity contribution in [1.29, 1.82) is 0 Å². The van der Waals surface area contributed by atoms with Crippen LogP contribution in [0.2, 0.25) is 5.02 Å². The van der Waals surface area contributed by atoms with Crippen LogP contribution in [0.15, 0.2) is 66.2 Å².